The number of benzene rings is 1. The molecule has 0 spiro atoms. The zero-order valence-corrected chi connectivity index (χ0v) is 17.6. The monoisotopic (exact) mass is 395 g/mol. The summed E-state index contributed by atoms with van der Waals surface area (Å²) >= 11 is 0. The third-order valence-electron chi connectivity index (χ3n) is 5.07. The molecule has 1 aromatic carbocycles. The normalized spacial score (nSPS) is 12.3. The predicted molar refractivity (Wildman–Crippen MR) is 114 cm³/mol. The molecule has 1 N–H and O–H groups in total. The predicted octanol–water partition coefficient (Wildman–Crippen LogP) is 2.75. The van der Waals surface area contributed by atoms with E-state index < -0.39 is 0 Å². The highest BCUT2D eigenvalue weighted by Crippen LogP contribution is 2.09. The fourth-order valence-corrected chi connectivity index (χ4v) is 3.54. The smallest absolute Gasteiger partial charge is 0.261 e. The number of fused-ring (bicyclic) bond motifs is 1. The molecular weight excluding hydrogens is 366 g/mol. The molecule has 2 aromatic heterocycles. The van der Waals surface area contributed by atoms with E-state index in [4.69, 9.17) is 0 Å². The zero-order chi connectivity index (χ0) is 21.0. The van der Waals surface area contributed by atoms with Crippen molar-refractivity contribution >= 4 is 16.8 Å². The average molecular weight is 396 g/mol. The highest BCUT2D eigenvalue weighted by molar-refractivity contribution is 5.77. The van der Waals surface area contributed by atoms with Crippen molar-refractivity contribution < 1.29 is 4.79 Å². The maximum Gasteiger partial charge on any atom is 0.261 e. The van der Waals surface area contributed by atoms with Gasteiger partial charge in [0.1, 0.15) is 5.82 Å². The number of rotatable bonds is 8. The Balaban J connectivity index is 1.48. The number of aryl methyl sites for hydroxylation is 3. The maximum atomic E-state index is 12.7. The Morgan fingerprint density at radius 2 is 1.97 bits per heavy atom. The fraction of sp³-hybridized carbons (Fsp3) is 0.455. The highest BCUT2D eigenvalue weighted by atomic mass is 16.1. The second kappa shape index (κ2) is 9.03. The van der Waals surface area contributed by atoms with Crippen LogP contribution in [0.25, 0.3) is 10.9 Å². The van der Waals surface area contributed by atoms with Crippen LogP contribution in [0.3, 0.4) is 0 Å². The summed E-state index contributed by atoms with van der Waals surface area (Å²) in [6, 6.07) is 9.40. The van der Waals surface area contributed by atoms with E-state index in [-0.39, 0.29) is 17.4 Å². The van der Waals surface area contributed by atoms with E-state index in [0.29, 0.717) is 42.7 Å². The van der Waals surface area contributed by atoms with E-state index >= 15 is 0 Å². The Kier molecular flexibility index (Phi) is 6.46. The molecule has 0 aliphatic carbocycles. The van der Waals surface area contributed by atoms with Crippen LogP contribution in [0.15, 0.2) is 35.1 Å². The van der Waals surface area contributed by atoms with Crippen LogP contribution in [-0.2, 0) is 17.9 Å². The molecule has 0 saturated heterocycles. The van der Waals surface area contributed by atoms with Gasteiger partial charge in [0.15, 0.2) is 0 Å². The van der Waals surface area contributed by atoms with Gasteiger partial charge in [-0.1, -0.05) is 19.1 Å². The number of amides is 1. The van der Waals surface area contributed by atoms with E-state index in [2.05, 4.69) is 28.4 Å². The number of nitrogens with zero attached hydrogens (tertiary/aromatic N) is 4. The number of para-hydroxylation sites is 1. The Morgan fingerprint density at radius 1 is 1.21 bits per heavy atom. The lowest BCUT2D eigenvalue weighted by Crippen LogP contribution is -2.31. The molecule has 7 heteroatoms. The standard InChI is InChI=1S/C22H29N5O2/c1-15(14-27-17(3)12-16(2)25-27)13-23-21(28)10-7-11-26-18(4)24-20-9-6-5-8-19(20)22(26)29/h5-6,8-9,12,15H,7,10-11,13-14H2,1-4H3,(H,23,28)/t15-/m0/s1. The lowest BCUT2D eigenvalue weighted by molar-refractivity contribution is -0.121. The van der Waals surface area contributed by atoms with E-state index in [1.54, 1.807) is 10.6 Å². The summed E-state index contributed by atoms with van der Waals surface area (Å²) in [5.41, 5.74) is 2.80. The van der Waals surface area contributed by atoms with Gasteiger partial charge in [-0.2, -0.15) is 5.10 Å². The fourth-order valence-electron chi connectivity index (χ4n) is 3.54. The van der Waals surface area contributed by atoms with Gasteiger partial charge in [-0.25, -0.2) is 4.98 Å². The molecule has 0 aliphatic heterocycles. The largest absolute Gasteiger partial charge is 0.356 e. The summed E-state index contributed by atoms with van der Waals surface area (Å²) in [5, 5.41) is 8.07. The number of hydrogen-bond donors (Lipinski definition) is 1. The number of hydrogen-bond acceptors (Lipinski definition) is 4. The molecule has 7 nitrogen and oxygen atoms in total. The van der Waals surface area contributed by atoms with Crippen molar-refractivity contribution in [1.29, 1.82) is 0 Å². The highest BCUT2D eigenvalue weighted by Gasteiger charge is 2.11. The van der Waals surface area contributed by atoms with Crippen LogP contribution in [-0.4, -0.2) is 31.8 Å². The second-order valence-electron chi connectivity index (χ2n) is 7.75. The maximum absolute atomic E-state index is 12.7. The third-order valence-corrected chi connectivity index (χ3v) is 5.07. The lowest BCUT2D eigenvalue weighted by atomic mass is 10.1. The lowest BCUT2D eigenvalue weighted by Gasteiger charge is -2.14. The summed E-state index contributed by atoms with van der Waals surface area (Å²) in [5.74, 6) is 0.962. The van der Waals surface area contributed by atoms with Crippen LogP contribution in [0.5, 0.6) is 0 Å². The molecule has 0 unspecified atom stereocenters. The summed E-state index contributed by atoms with van der Waals surface area (Å²) in [6.45, 7) is 9.81. The molecular formula is C22H29N5O2. The minimum atomic E-state index is -0.0491. The minimum Gasteiger partial charge on any atom is -0.356 e. The first-order valence-corrected chi connectivity index (χ1v) is 10.1. The van der Waals surface area contributed by atoms with Crippen LogP contribution >= 0.6 is 0 Å². The SMILES string of the molecule is Cc1cc(C)n(C[C@@H](C)CNC(=O)CCCn2c(C)nc3ccccc3c2=O)n1. The van der Waals surface area contributed by atoms with Crippen molar-refractivity contribution in [3.8, 4) is 0 Å². The zero-order valence-electron chi connectivity index (χ0n) is 17.6. The van der Waals surface area contributed by atoms with Gasteiger partial charge >= 0.3 is 0 Å². The number of carbonyl (C=O) groups is 1. The topological polar surface area (TPSA) is 81.8 Å². The van der Waals surface area contributed by atoms with Crippen LogP contribution in [0.2, 0.25) is 0 Å². The van der Waals surface area contributed by atoms with Crippen LogP contribution in [0.4, 0.5) is 0 Å². The Morgan fingerprint density at radius 3 is 2.69 bits per heavy atom. The quantitative estimate of drug-likeness (QED) is 0.636. The van der Waals surface area contributed by atoms with E-state index in [1.165, 1.54) is 0 Å². The van der Waals surface area contributed by atoms with Gasteiger partial charge in [-0.15, -0.1) is 0 Å². The van der Waals surface area contributed by atoms with Crippen molar-refractivity contribution in [2.24, 2.45) is 5.92 Å². The molecule has 0 bridgehead atoms. The van der Waals surface area contributed by atoms with Gasteiger partial charge < -0.3 is 5.32 Å². The molecule has 0 radical (unpaired) electrons. The molecule has 2 heterocycles. The number of aromatic nitrogens is 4. The van der Waals surface area contributed by atoms with Crippen molar-refractivity contribution in [2.45, 2.75) is 53.6 Å². The van der Waals surface area contributed by atoms with Gasteiger partial charge in [-0.05, 0) is 51.3 Å². The van der Waals surface area contributed by atoms with E-state index in [0.717, 1.165) is 17.9 Å². The van der Waals surface area contributed by atoms with Crippen molar-refractivity contribution in [3.63, 3.8) is 0 Å². The van der Waals surface area contributed by atoms with Crippen LogP contribution < -0.4 is 10.9 Å². The summed E-state index contributed by atoms with van der Waals surface area (Å²) in [7, 11) is 0. The Hall–Kier alpha value is -2.96. The molecule has 3 rings (SSSR count). The summed E-state index contributed by atoms with van der Waals surface area (Å²) in [4.78, 5) is 29.4. The number of nitrogens with one attached hydrogen (secondary N) is 1. The molecule has 0 fully saturated rings. The number of carbonyl (C=O) groups excluding carboxylic acids is 1. The van der Waals surface area contributed by atoms with Crippen LogP contribution in [0, 0.1) is 26.7 Å². The van der Waals surface area contributed by atoms with E-state index in [9.17, 15) is 9.59 Å². The van der Waals surface area contributed by atoms with Gasteiger partial charge in [0.25, 0.3) is 5.56 Å². The van der Waals surface area contributed by atoms with Gasteiger partial charge in [-0.3, -0.25) is 18.8 Å². The molecule has 3 aromatic rings. The first-order valence-electron chi connectivity index (χ1n) is 10.1. The molecule has 0 aliphatic rings. The van der Waals surface area contributed by atoms with Crippen molar-refractivity contribution in [3.05, 3.63) is 57.9 Å². The molecule has 0 saturated carbocycles. The van der Waals surface area contributed by atoms with Gasteiger partial charge in [0.2, 0.25) is 5.91 Å². The first kappa shape index (κ1) is 20.8. The first-order chi connectivity index (χ1) is 13.8. The molecule has 1 amide bonds. The minimum absolute atomic E-state index is 0.00432. The van der Waals surface area contributed by atoms with E-state index in [1.807, 2.05) is 43.7 Å². The van der Waals surface area contributed by atoms with Crippen molar-refractivity contribution in [1.82, 2.24) is 24.6 Å². The van der Waals surface area contributed by atoms with Crippen molar-refractivity contribution in [2.75, 3.05) is 6.54 Å². The summed E-state index contributed by atoms with van der Waals surface area (Å²) in [6.07, 6.45) is 0.976. The Bertz CT molecular complexity index is 1070. The van der Waals surface area contributed by atoms with Gasteiger partial charge in [0.05, 0.1) is 16.6 Å². The molecule has 1 atom stereocenters. The molecule has 154 valence electrons. The second-order valence-corrected chi connectivity index (χ2v) is 7.75. The average Bonchev–Trinajstić information content (AvgIpc) is 2.99. The third kappa shape index (κ3) is 5.10. The summed E-state index contributed by atoms with van der Waals surface area (Å²) < 4.78 is 3.63. The van der Waals surface area contributed by atoms with Crippen LogP contribution in [0.1, 0.15) is 37.0 Å². The molecule has 29 heavy (non-hydrogen) atoms. The van der Waals surface area contributed by atoms with Gasteiger partial charge in [0, 0.05) is 31.7 Å². The Labute approximate surface area is 170 Å².